The topological polar surface area (TPSA) is 84.3 Å². The lowest BCUT2D eigenvalue weighted by molar-refractivity contribution is 0.0713. The number of amides is 1. The number of aryl methyl sites for hydroxylation is 1. The molecule has 0 saturated carbocycles. The largest absolute Gasteiger partial charge is 0.339 e. The number of hydrogen-bond donors (Lipinski definition) is 1. The van der Waals surface area contributed by atoms with Crippen LogP contribution in [0.15, 0.2) is 30.6 Å². The molecule has 1 N–H and O–H groups in total. The van der Waals surface area contributed by atoms with Crippen LogP contribution in [-0.4, -0.2) is 48.4 Å². The fraction of sp³-hybridized carbons (Fsp3) is 0.412. The molecule has 1 saturated heterocycles. The molecule has 2 heterocycles. The molecule has 0 atom stereocenters. The molecular weight excluding hydrogens is 376 g/mol. The average molecular weight is 397 g/mol. The lowest BCUT2D eigenvalue weighted by atomic mass is 9.91. The van der Waals surface area contributed by atoms with Gasteiger partial charge < -0.3 is 4.90 Å². The van der Waals surface area contributed by atoms with E-state index < -0.39 is 10.0 Å². The summed E-state index contributed by atoms with van der Waals surface area (Å²) in [5.74, 6) is 0.273. The first-order valence-corrected chi connectivity index (χ1v) is 10.5. The molecular formula is C17H21ClN4O3S. The maximum absolute atomic E-state index is 12.8. The third-order valence-electron chi connectivity index (χ3n) is 4.48. The number of rotatable bonds is 4. The number of hydrogen-bond acceptors (Lipinski definition) is 4. The van der Waals surface area contributed by atoms with Crippen molar-refractivity contribution in [1.82, 2.24) is 14.7 Å². The van der Waals surface area contributed by atoms with Gasteiger partial charge in [-0.3, -0.25) is 14.2 Å². The monoisotopic (exact) mass is 396 g/mol. The fourth-order valence-corrected chi connectivity index (χ4v) is 4.02. The number of benzene rings is 1. The number of likely N-dealkylation sites (tertiary alicyclic amines) is 1. The van der Waals surface area contributed by atoms with Crippen LogP contribution in [0.4, 0.5) is 5.69 Å². The second-order valence-corrected chi connectivity index (χ2v) is 8.74. The van der Waals surface area contributed by atoms with Crippen LogP contribution in [0.5, 0.6) is 0 Å². The molecule has 1 aromatic carbocycles. The summed E-state index contributed by atoms with van der Waals surface area (Å²) < 4.78 is 26.7. The van der Waals surface area contributed by atoms with Crippen LogP contribution < -0.4 is 4.72 Å². The van der Waals surface area contributed by atoms with E-state index in [1.165, 1.54) is 11.6 Å². The van der Waals surface area contributed by atoms with Crippen molar-refractivity contribution in [3.63, 3.8) is 0 Å². The number of sulfonamides is 1. The Balaban J connectivity index is 1.66. The summed E-state index contributed by atoms with van der Waals surface area (Å²) >= 11 is 6.21. The maximum atomic E-state index is 12.8. The van der Waals surface area contributed by atoms with Crippen molar-refractivity contribution in [3.05, 3.63) is 46.7 Å². The van der Waals surface area contributed by atoms with Crippen molar-refractivity contribution >= 4 is 33.2 Å². The van der Waals surface area contributed by atoms with Gasteiger partial charge in [-0.15, -0.1) is 0 Å². The van der Waals surface area contributed by atoms with Crippen LogP contribution in [-0.2, 0) is 17.1 Å². The summed E-state index contributed by atoms with van der Waals surface area (Å²) in [6, 6.07) is 4.56. The van der Waals surface area contributed by atoms with Crippen LogP contribution >= 0.6 is 11.6 Å². The van der Waals surface area contributed by atoms with E-state index in [1.54, 1.807) is 21.7 Å². The van der Waals surface area contributed by atoms with Gasteiger partial charge in [-0.1, -0.05) is 11.6 Å². The predicted molar refractivity (Wildman–Crippen MR) is 101 cm³/mol. The Bertz CT molecular complexity index is 918. The van der Waals surface area contributed by atoms with Crippen molar-refractivity contribution in [2.24, 2.45) is 7.05 Å². The zero-order chi connectivity index (χ0) is 18.9. The van der Waals surface area contributed by atoms with Gasteiger partial charge in [0.2, 0.25) is 10.0 Å². The van der Waals surface area contributed by atoms with E-state index in [-0.39, 0.29) is 10.9 Å². The molecule has 1 aliphatic rings. The first-order chi connectivity index (χ1) is 12.2. The highest BCUT2D eigenvalue weighted by Gasteiger charge is 2.26. The van der Waals surface area contributed by atoms with Crippen LogP contribution in [0.2, 0.25) is 5.02 Å². The third kappa shape index (κ3) is 4.37. The lowest BCUT2D eigenvalue weighted by Crippen LogP contribution is -2.38. The Morgan fingerprint density at radius 1 is 1.31 bits per heavy atom. The van der Waals surface area contributed by atoms with Gasteiger partial charge in [0, 0.05) is 32.0 Å². The van der Waals surface area contributed by atoms with Crippen LogP contribution in [0, 0.1) is 0 Å². The van der Waals surface area contributed by atoms with E-state index in [1.807, 2.05) is 19.4 Å². The van der Waals surface area contributed by atoms with Gasteiger partial charge in [-0.2, -0.15) is 5.10 Å². The minimum absolute atomic E-state index is 0.134. The summed E-state index contributed by atoms with van der Waals surface area (Å²) in [6.45, 7) is 1.30. The molecule has 26 heavy (non-hydrogen) atoms. The second kappa shape index (κ2) is 7.28. The van der Waals surface area contributed by atoms with Gasteiger partial charge in [-0.05, 0) is 42.5 Å². The molecule has 140 valence electrons. The van der Waals surface area contributed by atoms with Gasteiger partial charge in [-0.25, -0.2) is 8.42 Å². The van der Waals surface area contributed by atoms with Crippen molar-refractivity contribution in [2.45, 2.75) is 18.8 Å². The lowest BCUT2D eigenvalue weighted by Gasteiger charge is -2.32. The number of piperidine rings is 1. The quantitative estimate of drug-likeness (QED) is 0.860. The standard InChI is InChI=1S/C17H21ClN4O3S/c1-21-11-13(10-19-21)12-5-7-22(8-6-12)17(23)15-4-3-14(9-16(15)18)20-26(2,24)25/h3-4,9-12,20H,5-8H2,1-2H3. The Morgan fingerprint density at radius 3 is 2.54 bits per heavy atom. The van der Waals surface area contributed by atoms with Crippen LogP contribution in [0.25, 0.3) is 0 Å². The Labute approximate surface area is 158 Å². The molecule has 3 rings (SSSR count). The molecule has 0 aliphatic carbocycles. The van der Waals surface area contributed by atoms with Gasteiger partial charge in [0.15, 0.2) is 0 Å². The van der Waals surface area contributed by atoms with E-state index in [2.05, 4.69) is 9.82 Å². The molecule has 1 fully saturated rings. The number of nitrogens with zero attached hydrogens (tertiary/aromatic N) is 3. The van der Waals surface area contributed by atoms with Gasteiger partial charge >= 0.3 is 0 Å². The summed E-state index contributed by atoms with van der Waals surface area (Å²) in [7, 11) is -1.49. The van der Waals surface area contributed by atoms with E-state index in [4.69, 9.17) is 11.6 Å². The molecule has 1 aliphatic heterocycles. The third-order valence-corrected chi connectivity index (χ3v) is 5.40. The van der Waals surface area contributed by atoms with Crippen molar-refractivity contribution in [3.8, 4) is 0 Å². The molecule has 0 radical (unpaired) electrons. The van der Waals surface area contributed by atoms with Gasteiger partial charge in [0.25, 0.3) is 5.91 Å². The van der Waals surface area contributed by atoms with Crippen molar-refractivity contribution in [1.29, 1.82) is 0 Å². The molecule has 0 unspecified atom stereocenters. The Morgan fingerprint density at radius 2 is 2.00 bits per heavy atom. The van der Waals surface area contributed by atoms with Crippen molar-refractivity contribution in [2.75, 3.05) is 24.1 Å². The molecule has 1 aromatic heterocycles. The molecule has 0 spiro atoms. The molecule has 0 bridgehead atoms. The number of anilines is 1. The normalized spacial score (nSPS) is 15.9. The minimum atomic E-state index is -3.39. The highest BCUT2D eigenvalue weighted by atomic mass is 35.5. The van der Waals surface area contributed by atoms with Gasteiger partial charge in [0.1, 0.15) is 0 Å². The fourth-order valence-electron chi connectivity index (χ4n) is 3.20. The Hall–Kier alpha value is -2.06. The summed E-state index contributed by atoms with van der Waals surface area (Å²) in [4.78, 5) is 14.5. The molecule has 9 heteroatoms. The number of carbonyl (C=O) groups excluding carboxylic acids is 1. The summed E-state index contributed by atoms with van der Waals surface area (Å²) in [6.07, 6.45) is 6.72. The number of carbonyl (C=O) groups is 1. The number of nitrogens with one attached hydrogen (secondary N) is 1. The van der Waals surface area contributed by atoms with Crippen molar-refractivity contribution < 1.29 is 13.2 Å². The first kappa shape index (κ1) is 18.7. The molecule has 2 aromatic rings. The van der Waals surface area contributed by atoms with E-state index in [9.17, 15) is 13.2 Å². The number of halogens is 1. The first-order valence-electron chi connectivity index (χ1n) is 8.28. The van der Waals surface area contributed by atoms with E-state index in [0.29, 0.717) is 30.3 Å². The smallest absolute Gasteiger partial charge is 0.255 e. The highest BCUT2D eigenvalue weighted by Crippen LogP contribution is 2.29. The average Bonchev–Trinajstić information content (AvgIpc) is 2.99. The summed E-state index contributed by atoms with van der Waals surface area (Å²) in [5.41, 5.74) is 1.92. The Kier molecular flexibility index (Phi) is 5.24. The minimum Gasteiger partial charge on any atom is -0.339 e. The molecule has 7 nitrogen and oxygen atoms in total. The van der Waals surface area contributed by atoms with E-state index in [0.717, 1.165) is 19.1 Å². The second-order valence-electron chi connectivity index (χ2n) is 6.58. The predicted octanol–water partition coefficient (Wildman–Crippen LogP) is 2.46. The SMILES string of the molecule is Cn1cc(C2CCN(C(=O)c3ccc(NS(C)(=O)=O)cc3Cl)CC2)cn1. The van der Waals surface area contributed by atoms with Crippen LogP contribution in [0.1, 0.15) is 34.7 Å². The highest BCUT2D eigenvalue weighted by molar-refractivity contribution is 7.92. The van der Waals surface area contributed by atoms with Crippen LogP contribution in [0.3, 0.4) is 0 Å². The summed E-state index contributed by atoms with van der Waals surface area (Å²) in [5, 5.41) is 4.44. The maximum Gasteiger partial charge on any atom is 0.255 e. The van der Waals surface area contributed by atoms with Gasteiger partial charge in [0.05, 0.1) is 23.0 Å². The number of aromatic nitrogens is 2. The van der Waals surface area contributed by atoms with E-state index >= 15 is 0 Å². The molecule has 1 amide bonds. The zero-order valence-corrected chi connectivity index (χ0v) is 16.2. The zero-order valence-electron chi connectivity index (χ0n) is 14.6.